The maximum atomic E-state index is 12.7. The molecule has 1 aromatic carbocycles. The van der Waals surface area contributed by atoms with Crippen LogP contribution >= 0.6 is 11.8 Å². The highest BCUT2D eigenvalue weighted by Crippen LogP contribution is 2.17. The van der Waals surface area contributed by atoms with Crippen LogP contribution in [0.15, 0.2) is 29.4 Å². The molecule has 2 aromatic rings. The molecule has 1 aromatic heterocycles. The zero-order valence-electron chi connectivity index (χ0n) is 10.1. The summed E-state index contributed by atoms with van der Waals surface area (Å²) >= 11 is 1.22. The number of carbonyl (C=O) groups is 1. The van der Waals surface area contributed by atoms with Crippen molar-refractivity contribution in [1.82, 2.24) is 14.8 Å². The number of hydrogen-bond donors (Lipinski definition) is 2. The first-order valence-corrected chi connectivity index (χ1v) is 6.38. The molecule has 100 valence electrons. The molecule has 1 heterocycles. The van der Waals surface area contributed by atoms with Crippen molar-refractivity contribution < 1.29 is 9.18 Å². The second-order valence-electron chi connectivity index (χ2n) is 3.74. The Hall–Kier alpha value is -2.09. The summed E-state index contributed by atoms with van der Waals surface area (Å²) in [5.41, 5.74) is 6.07. The largest absolute Gasteiger partial charge is 0.368 e. The van der Waals surface area contributed by atoms with Crippen molar-refractivity contribution in [3.8, 4) is 0 Å². The number of halogens is 1. The third-order valence-electron chi connectivity index (χ3n) is 2.33. The van der Waals surface area contributed by atoms with E-state index in [0.29, 0.717) is 16.8 Å². The first-order valence-electron chi connectivity index (χ1n) is 5.39. The molecule has 0 aliphatic carbocycles. The lowest BCUT2D eigenvalue weighted by Crippen LogP contribution is -2.14. The summed E-state index contributed by atoms with van der Waals surface area (Å²) in [7, 11) is 1.72. The highest BCUT2D eigenvalue weighted by molar-refractivity contribution is 7.99. The maximum absolute atomic E-state index is 12.7. The van der Waals surface area contributed by atoms with Crippen LogP contribution in [0, 0.1) is 5.82 Å². The number of carbonyl (C=O) groups excluding carboxylic acids is 1. The SMILES string of the molecule is Cn1c(N)nnc1SCC(=O)Nc1ccc(F)cc1. The van der Waals surface area contributed by atoms with Gasteiger partial charge in [0.15, 0.2) is 5.16 Å². The van der Waals surface area contributed by atoms with E-state index in [0.717, 1.165) is 0 Å². The van der Waals surface area contributed by atoms with Gasteiger partial charge in [-0.3, -0.25) is 9.36 Å². The van der Waals surface area contributed by atoms with Crippen molar-refractivity contribution >= 4 is 29.3 Å². The van der Waals surface area contributed by atoms with Crippen molar-refractivity contribution in [2.24, 2.45) is 7.05 Å². The highest BCUT2D eigenvalue weighted by atomic mass is 32.2. The van der Waals surface area contributed by atoms with Crippen molar-refractivity contribution in [2.75, 3.05) is 16.8 Å². The quantitative estimate of drug-likeness (QED) is 0.824. The average Bonchev–Trinajstić information content (AvgIpc) is 2.70. The minimum Gasteiger partial charge on any atom is -0.368 e. The minimum atomic E-state index is -0.345. The molecule has 0 unspecified atom stereocenters. The Morgan fingerprint density at radius 1 is 1.42 bits per heavy atom. The topological polar surface area (TPSA) is 85.8 Å². The lowest BCUT2D eigenvalue weighted by Gasteiger charge is -2.04. The Balaban J connectivity index is 1.88. The third kappa shape index (κ3) is 3.44. The molecular formula is C11H12FN5OS. The molecule has 6 nitrogen and oxygen atoms in total. The number of rotatable bonds is 4. The fraction of sp³-hybridized carbons (Fsp3) is 0.182. The third-order valence-corrected chi connectivity index (χ3v) is 3.35. The molecule has 0 radical (unpaired) electrons. The second-order valence-corrected chi connectivity index (χ2v) is 4.69. The molecule has 8 heteroatoms. The van der Waals surface area contributed by atoms with Gasteiger partial charge >= 0.3 is 0 Å². The Morgan fingerprint density at radius 2 is 2.11 bits per heavy atom. The van der Waals surface area contributed by atoms with Crippen LogP contribution in [0.1, 0.15) is 0 Å². The first kappa shape index (κ1) is 13.3. The number of nitrogen functional groups attached to an aromatic ring is 1. The van der Waals surface area contributed by atoms with Crippen LogP contribution < -0.4 is 11.1 Å². The Kier molecular flexibility index (Phi) is 4.00. The zero-order chi connectivity index (χ0) is 13.8. The Bertz CT molecular complexity index is 583. The predicted octanol–water partition coefficient (Wildman–Crippen LogP) is 1.27. The number of aromatic nitrogens is 3. The van der Waals surface area contributed by atoms with Gasteiger partial charge in [-0.2, -0.15) is 0 Å². The number of amides is 1. The van der Waals surface area contributed by atoms with E-state index in [4.69, 9.17) is 5.73 Å². The van der Waals surface area contributed by atoms with Crippen LogP contribution in [0.25, 0.3) is 0 Å². The highest BCUT2D eigenvalue weighted by Gasteiger charge is 2.09. The Labute approximate surface area is 113 Å². The van der Waals surface area contributed by atoms with Crippen molar-refractivity contribution in [1.29, 1.82) is 0 Å². The average molecular weight is 281 g/mol. The number of nitrogens with zero attached hydrogens (tertiary/aromatic N) is 3. The van der Waals surface area contributed by atoms with E-state index in [9.17, 15) is 9.18 Å². The molecule has 0 spiro atoms. The minimum absolute atomic E-state index is 0.170. The summed E-state index contributed by atoms with van der Waals surface area (Å²) in [6.45, 7) is 0. The van der Waals surface area contributed by atoms with Crippen molar-refractivity contribution in [3.05, 3.63) is 30.1 Å². The summed E-state index contributed by atoms with van der Waals surface area (Å²) in [6.07, 6.45) is 0. The van der Waals surface area contributed by atoms with Crippen LogP contribution in [0.3, 0.4) is 0 Å². The van der Waals surface area contributed by atoms with Gasteiger partial charge in [-0.15, -0.1) is 10.2 Å². The number of benzene rings is 1. The van der Waals surface area contributed by atoms with Gasteiger partial charge < -0.3 is 11.1 Å². The monoisotopic (exact) mass is 281 g/mol. The first-order chi connectivity index (χ1) is 9.06. The van der Waals surface area contributed by atoms with Gasteiger partial charge in [-0.1, -0.05) is 11.8 Å². The van der Waals surface area contributed by atoms with E-state index >= 15 is 0 Å². The molecule has 0 saturated heterocycles. The number of nitrogens with two attached hydrogens (primary N) is 1. The molecule has 0 fully saturated rings. The molecule has 0 aliphatic heterocycles. The fourth-order valence-corrected chi connectivity index (χ4v) is 2.03. The van der Waals surface area contributed by atoms with Crippen LogP contribution in [0.2, 0.25) is 0 Å². The standard InChI is InChI=1S/C11H12FN5OS/c1-17-10(13)15-16-11(17)19-6-9(18)14-8-4-2-7(12)3-5-8/h2-5H,6H2,1H3,(H2,13,15)(H,14,18). The summed E-state index contributed by atoms with van der Waals surface area (Å²) < 4.78 is 14.3. The maximum Gasteiger partial charge on any atom is 0.234 e. The molecule has 2 rings (SSSR count). The number of anilines is 2. The van der Waals surface area contributed by atoms with Gasteiger partial charge in [0.2, 0.25) is 11.9 Å². The normalized spacial score (nSPS) is 10.4. The van der Waals surface area contributed by atoms with Gasteiger partial charge in [-0.25, -0.2) is 4.39 Å². The van der Waals surface area contributed by atoms with E-state index in [1.807, 2.05) is 0 Å². The van der Waals surface area contributed by atoms with Crippen LogP contribution in [0.5, 0.6) is 0 Å². The van der Waals surface area contributed by atoms with Crippen LogP contribution in [0.4, 0.5) is 16.0 Å². The fourth-order valence-electron chi connectivity index (χ4n) is 1.31. The van der Waals surface area contributed by atoms with Gasteiger partial charge in [0, 0.05) is 12.7 Å². The number of thioether (sulfide) groups is 1. The summed E-state index contributed by atoms with van der Waals surface area (Å²) in [5, 5.41) is 10.7. The molecule has 0 aliphatic rings. The van der Waals surface area contributed by atoms with E-state index in [-0.39, 0.29) is 17.5 Å². The van der Waals surface area contributed by atoms with Gasteiger partial charge in [0.1, 0.15) is 5.82 Å². The zero-order valence-corrected chi connectivity index (χ0v) is 10.9. The molecule has 19 heavy (non-hydrogen) atoms. The van der Waals surface area contributed by atoms with Crippen molar-refractivity contribution in [2.45, 2.75) is 5.16 Å². The number of nitrogens with one attached hydrogen (secondary N) is 1. The summed E-state index contributed by atoms with van der Waals surface area (Å²) in [5.74, 6) is -0.0925. The van der Waals surface area contributed by atoms with Gasteiger partial charge in [-0.05, 0) is 24.3 Å². The smallest absolute Gasteiger partial charge is 0.234 e. The number of hydrogen-bond acceptors (Lipinski definition) is 5. The van der Waals surface area contributed by atoms with E-state index in [1.165, 1.54) is 36.0 Å². The lowest BCUT2D eigenvalue weighted by atomic mass is 10.3. The molecule has 1 amide bonds. The Morgan fingerprint density at radius 3 is 2.68 bits per heavy atom. The van der Waals surface area contributed by atoms with Gasteiger partial charge in [0.05, 0.1) is 5.75 Å². The molecule has 0 saturated carbocycles. The second kappa shape index (κ2) is 5.70. The van der Waals surface area contributed by atoms with E-state index in [1.54, 1.807) is 11.6 Å². The van der Waals surface area contributed by atoms with E-state index < -0.39 is 0 Å². The molecule has 0 bridgehead atoms. The summed E-state index contributed by atoms with van der Waals surface area (Å²) in [6, 6.07) is 5.56. The predicted molar refractivity (Wildman–Crippen MR) is 71.2 cm³/mol. The van der Waals surface area contributed by atoms with E-state index in [2.05, 4.69) is 15.5 Å². The van der Waals surface area contributed by atoms with Crippen molar-refractivity contribution in [3.63, 3.8) is 0 Å². The molecule has 3 N–H and O–H groups in total. The van der Waals surface area contributed by atoms with Crippen LogP contribution in [-0.4, -0.2) is 26.4 Å². The summed E-state index contributed by atoms with van der Waals surface area (Å²) in [4.78, 5) is 11.7. The molecular weight excluding hydrogens is 269 g/mol. The van der Waals surface area contributed by atoms with Gasteiger partial charge in [0.25, 0.3) is 0 Å². The van der Waals surface area contributed by atoms with Crippen LogP contribution in [-0.2, 0) is 11.8 Å². The molecule has 0 atom stereocenters. The lowest BCUT2D eigenvalue weighted by molar-refractivity contribution is -0.113.